The standard InChI is InChI=1S/C10H18Cl2N2O2/c11-5-3-9(15)13-7-1-2-8-14-10(16)4-6-12/h1-8H2,(H,13,15)(H,14,16). The summed E-state index contributed by atoms with van der Waals surface area (Å²) in [6, 6.07) is 0. The number of alkyl halides is 2. The van der Waals surface area contributed by atoms with Crippen LogP contribution in [0.15, 0.2) is 0 Å². The summed E-state index contributed by atoms with van der Waals surface area (Å²) in [7, 11) is 0. The molecule has 0 saturated heterocycles. The van der Waals surface area contributed by atoms with Crippen LogP contribution in [0.1, 0.15) is 25.7 Å². The van der Waals surface area contributed by atoms with Gasteiger partial charge in [0.2, 0.25) is 11.8 Å². The summed E-state index contributed by atoms with van der Waals surface area (Å²) < 4.78 is 0. The largest absolute Gasteiger partial charge is 0.356 e. The van der Waals surface area contributed by atoms with E-state index >= 15 is 0 Å². The Morgan fingerprint density at radius 1 is 0.812 bits per heavy atom. The fourth-order valence-corrected chi connectivity index (χ4v) is 1.40. The molecule has 0 aliphatic rings. The first-order chi connectivity index (χ1) is 7.70. The average molecular weight is 269 g/mol. The van der Waals surface area contributed by atoms with Gasteiger partial charge in [-0.1, -0.05) is 0 Å². The first-order valence-corrected chi connectivity index (χ1v) is 6.43. The zero-order chi connectivity index (χ0) is 12.2. The van der Waals surface area contributed by atoms with E-state index in [0.717, 1.165) is 12.8 Å². The summed E-state index contributed by atoms with van der Waals surface area (Å²) in [5.74, 6) is 0.642. The molecule has 0 fully saturated rings. The Kier molecular flexibility index (Phi) is 10.7. The van der Waals surface area contributed by atoms with Crippen molar-refractivity contribution in [3.63, 3.8) is 0 Å². The third-order valence-electron chi connectivity index (χ3n) is 1.89. The second-order valence-corrected chi connectivity index (χ2v) is 4.04. The molecule has 0 radical (unpaired) electrons. The first kappa shape index (κ1) is 15.5. The van der Waals surface area contributed by atoms with Crippen LogP contribution in [0.5, 0.6) is 0 Å². The normalized spacial score (nSPS) is 9.88. The highest BCUT2D eigenvalue weighted by molar-refractivity contribution is 6.19. The molecule has 0 saturated carbocycles. The zero-order valence-corrected chi connectivity index (χ0v) is 10.7. The van der Waals surface area contributed by atoms with Crippen LogP contribution in [-0.2, 0) is 9.59 Å². The molecule has 6 heteroatoms. The predicted octanol–water partition coefficient (Wildman–Crippen LogP) is 1.26. The molecule has 16 heavy (non-hydrogen) atoms. The number of amides is 2. The van der Waals surface area contributed by atoms with E-state index in [2.05, 4.69) is 10.6 Å². The number of nitrogens with one attached hydrogen (secondary N) is 2. The SMILES string of the molecule is O=C(CCCl)NCCCCNC(=O)CCCl. The van der Waals surface area contributed by atoms with E-state index in [0.29, 0.717) is 37.7 Å². The molecule has 0 aromatic rings. The van der Waals surface area contributed by atoms with Crippen molar-refractivity contribution < 1.29 is 9.59 Å². The number of unbranched alkanes of at least 4 members (excludes halogenated alkanes) is 1. The van der Waals surface area contributed by atoms with Gasteiger partial charge in [0.1, 0.15) is 0 Å². The first-order valence-electron chi connectivity index (χ1n) is 5.36. The molecular formula is C10H18Cl2N2O2. The second-order valence-electron chi connectivity index (χ2n) is 3.28. The maximum Gasteiger partial charge on any atom is 0.221 e. The van der Waals surface area contributed by atoms with Gasteiger partial charge in [-0.15, -0.1) is 23.2 Å². The Hall–Kier alpha value is -0.480. The molecule has 0 aliphatic carbocycles. The summed E-state index contributed by atoms with van der Waals surface area (Å²) in [5, 5.41) is 5.48. The Bertz CT molecular complexity index is 191. The third kappa shape index (κ3) is 10.1. The number of hydrogen-bond donors (Lipinski definition) is 2. The lowest BCUT2D eigenvalue weighted by Gasteiger charge is -2.05. The molecule has 0 atom stereocenters. The van der Waals surface area contributed by atoms with Crippen LogP contribution < -0.4 is 10.6 Å². The molecule has 0 bridgehead atoms. The average Bonchev–Trinajstić information content (AvgIpc) is 2.24. The lowest BCUT2D eigenvalue weighted by Crippen LogP contribution is -2.27. The van der Waals surface area contributed by atoms with Gasteiger partial charge in [-0.3, -0.25) is 9.59 Å². The van der Waals surface area contributed by atoms with E-state index < -0.39 is 0 Å². The monoisotopic (exact) mass is 268 g/mol. The maximum absolute atomic E-state index is 11.0. The molecule has 0 aromatic carbocycles. The van der Waals surface area contributed by atoms with Crippen LogP contribution in [0, 0.1) is 0 Å². The molecule has 2 amide bonds. The molecule has 0 spiro atoms. The fourth-order valence-electron chi connectivity index (χ4n) is 1.05. The smallest absolute Gasteiger partial charge is 0.221 e. The van der Waals surface area contributed by atoms with Crippen molar-refractivity contribution in [2.24, 2.45) is 0 Å². The Balaban J connectivity index is 3.21. The van der Waals surface area contributed by atoms with E-state index in [9.17, 15) is 9.59 Å². The van der Waals surface area contributed by atoms with Gasteiger partial charge < -0.3 is 10.6 Å². The van der Waals surface area contributed by atoms with Crippen LogP contribution >= 0.6 is 23.2 Å². The summed E-state index contributed by atoms with van der Waals surface area (Å²) in [4.78, 5) is 22.0. The molecule has 0 aromatic heterocycles. The van der Waals surface area contributed by atoms with Crippen LogP contribution in [0.4, 0.5) is 0 Å². The minimum atomic E-state index is -0.0267. The van der Waals surface area contributed by atoms with Crippen LogP contribution in [-0.4, -0.2) is 36.7 Å². The second kappa shape index (κ2) is 11.0. The van der Waals surface area contributed by atoms with Crippen molar-refractivity contribution in [2.45, 2.75) is 25.7 Å². The van der Waals surface area contributed by atoms with Crippen LogP contribution in [0.2, 0.25) is 0 Å². The Labute approximate surface area is 106 Å². The zero-order valence-electron chi connectivity index (χ0n) is 9.23. The Morgan fingerprint density at radius 2 is 1.19 bits per heavy atom. The van der Waals surface area contributed by atoms with E-state index in [1.54, 1.807) is 0 Å². The van der Waals surface area contributed by atoms with E-state index in [4.69, 9.17) is 23.2 Å². The van der Waals surface area contributed by atoms with Crippen LogP contribution in [0.3, 0.4) is 0 Å². The molecule has 0 heterocycles. The number of halogens is 2. The number of rotatable bonds is 9. The molecule has 2 N–H and O–H groups in total. The molecule has 0 aliphatic heterocycles. The highest BCUT2D eigenvalue weighted by atomic mass is 35.5. The maximum atomic E-state index is 11.0. The highest BCUT2D eigenvalue weighted by Gasteiger charge is 2.00. The van der Waals surface area contributed by atoms with Gasteiger partial charge in [0, 0.05) is 37.7 Å². The van der Waals surface area contributed by atoms with Crippen molar-refractivity contribution in [1.29, 1.82) is 0 Å². The quantitative estimate of drug-likeness (QED) is 0.489. The van der Waals surface area contributed by atoms with Crippen LogP contribution in [0.25, 0.3) is 0 Å². The van der Waals surface area contributed by atoms with Crippen molar-refractivity contribution in [3.05, 3.63) is 0 Å². The van der Waals surface area contributed by atoms with Crippen molar-refractivity contribution in [2.75, 3.05) is 24.8 Å². The molecule has 0 rings (SSSR count). The predicted molar refractivity (Wildman–Crippen MR) is 65.9 cm³/mol. The van der Waals surface area contributed by atoms with E-state index in [-0.39, 0.29) is 11.8 Å². The van der Waals surface area contributed by atoms with Gasteiger partial charge in [-0.05, 0) is 12.8 Å². The Morgan fingerprint density at radius 3 is 1.50 bits per heavy atom. The lowest BCUT2D eigenvalue weighted by atomic mass is 10.3. The lowest BCUT2D eigenvalue weighted by molar-refractivity contribution is -0.121. The summed E-state index contributed by atoms with van der Waals surface area (Å²) in [6.07, 6.45) is 2.40. The molecule has 4 nitrogen and oxygen atoms in total. The minimum Gasteiger partial charge on any atom is -0.356 e. The fraction of sp³-hybridized carbons (Fsp3) is 0.800. The third-order valence-corrected chi connectivity index (χ3v) is 2.27. The molecule has 0 unspecified atom stereocenters. The summed E-state index contributed by atoms with van der Waals surface area (Å²) in [5.41, 5.74) is 0. The van der Waals surface area contributed by atoms with Crippen molar-refractivity contribution in [1.82, 2.24) is 10.6 Å². The van der Waals surface area contributed by atoms with Gasteiger partial charge in [-0.25, -0.2) is 0 Å². The van der Waals surface area contributed by atoms with Gasteiger partial charge in [0.25, 0.3) is 0 Å². The highest BCUT2D eigenvalue weighted by Crippen LogP contribution is 1.89. The van der Waals surface area contributed by atoms with Gasteiger partial charge in [0.05, 0.1) is 0 Å². The van der Waals surface area contributed by atoms with Crippen molar-refractivity contribution in [3.8, 4) is 0 Å². The van der Waals surface area contributed by atoms with Gasteiger partial charge >= 0.3 is 0 Å². The number of hydrogen-bond acceptors (Lipinski definition) is 2. The molecule has 94 valence electrons. The van der Waals surface area contributed by atoms with Gasteiger partial charge in [0.15, 0.2) is 0 Å². The van der Waals surface area contributed by atoms with Crippen molar-refractivity contribution >= 4 is 35.0 Å². The topological polar surface area (TPSA) is 58.2 Å². The van der Waals surface area contributed by atoms with Gasteiger partial charge in [-0.2, -0.15) is 0 Å². The number of carbonyl (C=O) groups excluding carboxylic acids is 2. The molecular weight excluding hydrogens is 251 g/mol. The summed E-state index contributed by atoms with van der Waals surface area (Å²) >= 11 is 10.8. The number of carbonyl (C=O) groups is 2. The van der Waals surface area contributed by atoms with E-state index in [1.807, 2.05) is 0 Å². The summed E-state index contributed by atoms with van der Waals surface area (Å²) in [6.45, 7) is 1.25. The minimum absolute atomic E-state index is 0.0267. The van der Waals surface area contributed by atoms with E-state index in [1.165, 1.54) is 0 Å².